The predicted molar refractivity (Wildman–Crippen MR) is 130 cm³/mol. The number of ether oxygens (including phenoxy) is 2. The van der Waals surface area contributed by atoms with Crippen molar-refractivity contribution < 1.29 is 14.3 Å². The molecule has 0 unspecified atom stereocenters. The first-order valence-corrected chi connectivity index (χ1v) is 10.8. The van der Waals surface area contributed by atoms with E-state index in [0.717, 1.165) is 27.5 Å². The van der Waals surface area contributed by atoms with Crippen molar-refractivity contribution >= 4 is 39.0 Å². The number of halogens is 1. The van der Waals surface area contributed by atoms with Gasteiger partial charge in [-0.25, -0.2) is 5.43 Å². The van der Waals surface area contributed by atoms with Gasteiger partial charge in [0.05, 0.1) is 20.4 Å². The quantitative estimate of drug-likeness (QED) is 0.284. The van der Waals surface area contributed by atoms with Gasteiger partial charge in [-0.05, 0) is 35.9 Å². The first-order chi connectivity index (χ1) is 15.6. The molecule has 0 atom stereocenters. The molecular weight excluding hydrogens is 470 g/mol. The van der Waals surface area contributed by atoms with Crippen molar-refractivity contribution in [2.45, 2.75) is 6.54 Å². The summed E-state index contributed by atoms with van der Waals surface area (Å²) >= 11 is 3.48. The molecule has 4 rings (SSSR count). The summed E-state index contributed by atoms with van der Waals surface area (Å²) in [5.41, 5.74) is 6.19. The Bertz CT molecular complexity index is 1260. The number of para-hydroxylation sites is 1. The zero-order valence-corrected chi connectivity index (χ0v) is 19.3. The molecule has 7 heteroatoms. The molecule has 1 aromatic heterocycles. The Balaban J connectivity index is 1.55. The number of nitrogens with zero attached hydrogens (tertiary/aromatic N) is 2. The number of methoxy groups -OCH3 is 2. The molecule has 162 valence electrons. The van der Waals surface area contributed by atoms with Gasteiger partial charge >= 0.3 is 0 Å². The van der Waals surface area contributed by atoms with E-state index in [-0.39, 0.29) is 5.91 Å². The van der Waals surface area contributed by atoms with Crippen LogP contribution in [-0.2, 0) is 6.54 Å². The lowest BCUT2D eigenvalue weighted by atomic mass is 10.2. The zero-order valence-electron chi connectivity index (χ0n) is 17.7. The molecule has 32 heavy (non-hydrogen) atoms. The van der Waals surface area contributed by atoms with E-state index in [2.05, 4.69) is 49.2 Å². The average molecular weight is 492 g/mol. The molecule has 0 aliphatic rings. The zero-order chi connectivity index (χ0) is 22.5. The van der Waals surface area contributed by atoms with Crippen LogP contribution in [0.5, 0.6) is 11.5 Å². The van der Waals surface area contributed by atoms with Crippen molar-refractivity contribution in [2.75, 3.05) is 14.2 Å². The standard InChI is InChI=1S/C25H22BrN3O3/c1-31-21-11-18(12-22(13-21)32-2)25(30)28-27-14-19-16-29(24-6-4-3-5-23(19)24)15-17-7-9-20(26)10-8-17/h3-14,16H,15H2,1-2H3,(H,28,30)/b27-14-. The minimum Gasteiger partial charge on any atom is -0.497 e. The summed E-state index contributed by atoms with van der Waals surface area (Å²) in [6, 6.07) is 21.4. The van der Waals surface area contributed by atoms with Crippen molar-refractivity contribution in [1.82, 2.24) is 9.99 Å². The number of rotatable bonds is 7. The smallest absolute Gasteiger partial charge is 0.271 e. The van der Waals surface area contributed by atoms with Crippen LogP contribution < -0.4 is 14.9 Å². The van der Waals surface area contributed by atoms with E-state index in [1.165, 1.54) is 5.56 Å². The van der Waals surface area contributed by atoms with Gasteiger partial charge in [-0.3, -0.25) is 4.79 Å². The molecule has 0 saturated carbocycles. The molecule has 0 spiro atoms. The van der Waals surface area contributed by atoms with Crippen LogP contribution in [0, 0.1) is 0 Å². The second-order valence-corrected chi connectivity index (χ2v) is 8.07. The van der Waals surface area contributed by atoms with Gasteiger partial charge in [-0.1, -0.05) is 46.3 Å². The molecule has 0 aliphatic heterocycles. The number of carbonyl (C=O) groups excluding carboxylic acids is 1. The summed E-state index contributed by atoms with van der Waals surface area (Å²) in [7, 11) is 3.08. The van der Waals surface area contributed by atoms with Gasteiger partial charge in [0.2, 0.25) is 0 Å². The van der Waals surface area contributed by atoms with E-state index < -0.39 is 0 Å². The minimum atomic E-state index is -0.350. The normalized spacial score (nSPS) is 11.1. The molecule has 1 N–H and O–H groups in total. The van der Waals surface area contributed by atoms with E-state index in [1.807, 2.05) is 36.5 Å². The van der Waals surface area contributed by atoms with Crippen LogP contribution in [0.2, 0.25) is 0 Å². The number of hydrogen-bond acceptors (Lipinski definition) is 4. The molecule has 0 saturated heterocycles. The van der Waals surface area contributed by atoms with E-state index in [0.29, 0.717) is 17.1 Å². The topological polar surface area (TPSA) is 64.8 Å². The molecule has 1 amide bonds. The number of amides is 1. The maximum atomic E-state index is 12.6. The van der Waals surface area contributed by atoms with Gasteiger partial charge < -0.3 is 14.0 Å². The molecule has 0 radical (unpaired) electrons. The van der Waals surface area contributed by atoms with Crippen molar-refractivity contribution in [2.24, 2.45) is 5.10 Å². The van der Waals surface area contributed by atoms with Gasteiger partial charge in [0, 0.05) is 45.3 Å². The maximum Gasteiger partial charge on any atom is 0.271 e. The number of benzene rings is 3. The number of aromatic nitrogens is 1. The molecule has 0 bridgehead atoms. The van der Waals surface area contributed by atoms with Gasteiger partial charge in [0.15, 0.2) is 0 Å². The first kappa shape index (κ1) is 21.6. The molecular formula is C25H22BrN3O3. The summed E-state index contributed by atoms with van der Waals surface area (Å²) < 4.78 is 13.7. The Hall–Kier alpha value is -3.58. The van der Waals surface area contributed by atoms with Crippen LogP contribution in [-0.4, -0.2) is 30.9 Å². The highest BCUT2D eigenvalue weighted by molar-refractivity contribution is 9.10. The third kappa shape index (κ3) is 4.84. The number of nitrogens with one attached hydrogen (secondary N) is 1. The SMILES string of the molecule is COc1cc(OC)cc(C(=O)N/N=C\c2cn(Cc3ccc(Br)cc3)c3ccccc23)c1. The lowest BCUT2D eigenvalue weighted by Gasteiger charge is -2.07. The van der Waals surface area contributed by atoms with Gasteiger partial charge in [0.25, 0.3) is 5.91 Å². The van der Waals surface area contributed by atoms with E-state index in [1.54, 1.807) is 38.6 Å². The van der Waals surface area contributed by atoms with E-state index in [9.17, 15) is 4.79 Å². The number of hydrogen-bond donors (Lipinski definition) is 1. The Morgan fingerprint density at radius 3 is 2.41 bits per heavy atom. The van der Waals surface area contributed by atoms with E-state index >= 15 is 0 Å². The first-order valence-electron chi connectivity index (χ1n) is 9.96. The van der Waals surface area contributed by atoms with Gasteiger partial charge in [0.1, 0.15) is 11.5 Å². The number of hydrazone groups is 1. The van der Waals surface area contributed by atoms with Crippen molar-refractivity contribution in [3.63, 3.8) is 0 Å². The Morgan fingerprint density at radius 1 is 1.03 bits per heavy atom. The molecule has 0 aliphatic carbocycles. The monoisotopic (exact) mass is 491 g/mol. The summed E-state index contributed by atoms with van der Waals surface area (Å²) in [4.78, 5) is 12.6. The predicted octanol–water partition coefficient (Wildman–Crippen LogP) is 5.23. The molecule has 4 aromatic rings. The van der Waals surface area contributed by atoms with Crippen molar-refractivity contribution in [3.8, 4) is 11.5 Å². The lowest BCUT2D eigenvalue weighted by Crippen LogP contribution is -2.17. The number of carbonyl (C=O) groups is 1. The highest BCUT2D eigenvalue weighted by Gasteiger charge is 2.10. The summed E-state index contributed by atoms with van der Waals surface area (Å²) in [5.74, 6) is 0.723. The molecule has 1 heterocycles. The Kier molecular flexibility index (Phi) is 6.56. The fourth-order valence-corrected chi connectivity index (χ4v) is 3.72. The third-order valence-electron chi connectivity index (χ3n) is 5.07. The molecule has 3 aromatic carbocycles. The number of fused-ring (bicyclic) bond motifs is 1. The highest BCUT2D eigenvalue weighted by atomic mass is 79.9. The van der Waals surface area contributed by atoms with Crippen LogP contribution in [0.1, 0.15) is 21.5 Å². The largest absolute Gasteiger partial charge is 0.497 e. The van der Waals surface area contributed by atoms with E-state index in [4.69, 9.17) is 9.47 Å². The van der Waals surface area contributed by atoms with Crippen LogP contribution >= 0.6 is 15.9 Å². The summed E-state index contributed by atoms with van der Waals surface area (Å²) in [5, 5.41) is 5.25. The van der Waals surface area contributed by atoms with Crippen LogP contribution in [0.15, 0.2) is 82.5 Å². The van der Waals surface area contributed by atoms with Crippen molar-refractivity contribution in [3.05, 3.63) is 94.1 Å². The van der Waals surface area contributed by atoms with Gasteiger partial charge in [-0.2, -0.15) is 5.10 Å². The second kappa shape index (κ2) is 9.70. The third-order valence-corrected chi connectivity index (χ3v) is 5.60. The van der Waals surface area contributed by atoms with Crippen molar-refractivity contribution in [1.29, 1.82) is 0 Å². The summed E-state index contributed by atoms with van der Waals surface area (Å²) in [6.45, 7) is 0.734. The fourth-order valence-electron chi connectivity index (χ4n) is 3.46. The highest BCUT2D eigenvalue weighted by Crippen LogP contribution is 2.23. The summed E-state index contributed by atoms with van der Waals surface area (Å²) in [6.07, 6.45) is 3.70. The van der Waals surface area contributed by atoms with Gasteiger partial charge in [-0.15, -0.1) is 0 Å². The average Bonchev–Trinajstić information content (AvgIpc) is 3.17. The van der Waals surface area contributed by atoms with Crippen LogP contribution in [0.4, 0.5) is 0 Å². The fraction of sp³-hybridized carbons (Fsp3) is 0.120. The Morgan fingerprint density at radius 2 is 1.72 bits per heavy atom. The molecule has 0 fully saturated rings. The Labute approximate surface area is 194 Å². The minimum absolute atomic E-state index is 0.350. The molecule has 6 nitrogen and oxygen atoms in total. The van der Waals surface area contributed by atoms with Crippen LogP contribution in [0.3, 0.4) is 0 Å². The maximum absolute atomic E-state index is 12.6. The van der Waals surface area contributed by atoms with Crippen LogP contribution in [0.25, 0.3) is 10.9 Å². The lowest BCUT2D eigenvalue weighted by molar-refractivity contribution is 0.0954. The second-order valence-electron chi connectivity index (χ2n) is 7.16.